The topological polar surface area (TPSA) is 90.3 Å². The molecule has 2 atom stereocenters. The standard InChI is InChI=1S/C26H25N5O3S/c1-3-34-21-13-9-17(10-14-21)22-23(25(32)27-19-11-15-20(33-2)16-12-19)35-26-29-28-24(31(26)30-22)18-7-5-4-6-8-18/h4-16,22-23,30H,3H2,1-2H3,(H,27,32)/t22-,23+/m0/s1. The lowest BCUT2D eigenvalue weighted by molar-refractivity contribution is -0.116. The molecule has 0 bridgehead atoms. The number of benzene rings is 3. The molecule has 3 aromatic carbocycles. The van der Waals surface area contributed by atoms with Gasteiger partial charge in [0.05, 0.1) is 19.8 Å². The summed E-state index contributed by atoms with van der Waals surface area (Å²) in [5.41, 5.74) is 6.08. The highest BCUT2D eigenvalue weighted by Gasteiger charge is 2.38. The number of nitrogens with one attached hydrogen (secondary N) is 2. The minimum Gasteiger partial charge on any atom is -0.497 e. The number of hydrogen-bond donors (Lipinski definition) is 2. The van der Waals surface area contributed by atoms with E-state index in [9.17, 15) is 4.79 Å². The molecule has 0 aliphatic carbocycles. The van der Waals surface area contributed by atoms with Crippen molar-refractivity contribution in [3.63, 3.8) is 0 Å². The van der Waals surface area contributed by atoms with Crippen LogP contribution in [0.2, 0.25) is 0 Å². The number of anilines is 1. The Kier molecular flexibility index (Phi) is 6.58. The summed E-state index contributed by atoms with van der Waals surface area (Å²) in [4.78, 5) is 13.5. The van der Waals surface area contributed by atoms with Crippen LogP contribution in [0.15, 0.2) is 84.0 Å². The van der Waals surface area contributed by atoms with Crippen LogP contribution in [-0.4, -0.2) is 39.7 Å². The molecule has 2 heterocycles. The molecule has 2 N–H and O–H groups in total. The van der Waals surface area contributed by atoms with E-state index in [0.29, 0.717) is 23.3 Å². The molecule has 0 fully saturated rings. The first-order valence-corrected chi connectivity index (χ1v) is 12.2. The van der Waals surface area contributed by atoms with Gasteiger partial charge < -0.3 is 20.2 Å². The van der Waals surface area contributed by atoms with Gasteiger partial charge in [-0.15, -0.1) is 10.2 Å². The lowest BCUT2D eigenvalue weighted by Crippen LogP contribution is -2.41. The van der Waals surface area contributed by atoms with Gasteiger partial charge in [0.25, 0.3) is 0 Å². The second kappa shape index (κ2) is 10.1. The molecule has 0 saturated carbocycles. The fraction of sp³-hybridized carbons (Fsp3) is 0.192. The first-order chi connectivity index (χ1) is 17.2. The molecule has 5 rings (SSSR count). The van der Waals surface area contributed by atoms with Crippen molar-refractivity contribution < 1.29 is 14.3 Å². The molecule has 1 aromatic heterocycles. The lowest BCUT2D eigenvalue weighted by Gasteiger charge is -2.33. The predicted octanol–water partition coefficient (Wildman–Crippen LogP) is 4.75. The fourth-order valence-electron chi connectivity index (χ4n) is 3.91. The minimum atomic E-state index is -0.490. The number of methoxy groups -OCH3 is 1. The number of carbonyl (C=O) groups excluding carboxylic acids is 1. The first kappa shape index (κ1) is 22.8. The molecule has 9 heteroatoms. The van der Waals surface area contributed by atoms with E-state index in [2.05, 4.69) is 20.9 Å². The van der Waals surface area contributed by atoms with Crippen LogP contribution >= 0.6 is 11.8 Å². The number of thioether (sulfide) groups is 1. The number of rotatable bonds is 7. The Morgan fingerprint density at radius 2 is 1.71 bits per heavy atom. The molecule has 1 aliphatic heterocycles. The summed E-state index contributed by atoms with van der Waals surface area (Å²) in [5, 5.41) is 11.9. The van der Waals surface area contributed by atoms with E-state index in [1.54, 1.807) is 7.11 Å². The van der Waals surface area contributed by atoms with E-state index in [0.717, 1.165) is 22.6 Å². The van der Waals surface area contributed by atoms with Crippen LogP contribution in [-0.2, 0) is 4.79 Å². The van der Waals surface area contributed by atoms with E-state index in [1.165, 1.54) is 11.8 Å². The third kappa shape index (κ3) is 4.81. The Morgan fingerprint density at radius 1 is 1.00 bits per heavy atom. The summed E-state index contributed by atoms with van der Waals surface area (Å²) < 4.78 is 12.7. The van der Waals surface area contributed by atoms with E-state index in [4.69, 9.17) is 9.47 Å². The number of aromatic nitrogens is 3. The van der Waals surface area contributed by atoms with Gasteiger partial charge in [-0.25, -0.2) is 4.68 Å². The van der Waals surface area contributed by atoms with E-state index in [1.807, 2.05) is 90.5 Å². The average Bonchev–Trinajstić information content (AvgIpc) is 3.32. The van der Waals surface area contributed by atoms with Gasteiger partial charge in [-0.05, 0) is 48.9 Å². The Labute approximate surface area is 207 Å². The molecule has 0 spiro atoms. The fourth-order valence-corrected chi connectivity index (χ4v) is 4.98. The zero-order valence-electron chi connectivity index (χ0n) is 19.3. The number of nitrogens with zero attached hydrogens (tertiary/aromatic N) is 3. The molecule has 1 amide bonds. The highest BCUT2D eigenvalue weighted by atomic mass is 32.2. The molecule has 4 aromatic rings. The van der Waals surface area contributed by atoms with Gasteiger partial charge in [-0.1, -0.05) is 54.2 Å². The van der Waals surface area contributed by atoms with Gasteiger partial charge in [0.15, 0.2) is 5.82 Å². The number of ether oxygens (including phenoxy) is 2. The number of fused-ring (bicyclic) bond motifs is 1. The van der Waals surface area contributed by atoms with Gasteiger partial charge in [-0.2, -0.15) is 0 Å². The molecule has 0 unspecified atom stereocenters. The van der Waals surface area contributed by atoms with Gasteiger partial charge in [0, 0.05) is 11.3 Å². The third-order valence-corrected chi connectivity index (χ3v) is 6.85. The van der Waals surface area contributed by atoms with Crippen LogP contribution in [0.4, 0.5) is 5.69 Å². The van der Waals surface area contributed by atoms with Crippen LogP contribution in [0.5, 0.6) is 11.5 Å². The molecule has 0 saturated heterocycles. The zero-order chi connectivity index (χ0) is 24.2. The minimum absolute atomic E-state index is 0.137. The smallest absolute Gasteiger partial charge is 0.240 e. The van der Waals surface area contributed by atoms with Crippen molar-refractivity contribution in [3.05, 3.63) is 84.4 Å². The average molecular weight is 488 g/mol. The monoisotopic (exact) mass is 487 g/mol. The summed E-state index contributed by atoms with van der Waals surface area (Å²) in [7, 11) is 1.61. The van der Waals surface area contributed by atoms with Crippen LogP contribution in [0, 0.1) is 0 Å². The first-order valence-electron chi connectivity index (χ1n) is 11.3. The highest BCUT2D eigenvalue weighted by molar-refractivity contribution is 8.00. The summed E-state index contributed by atoms with van der Waals surface area (Å²) in [6, 6.07) is 24.6. The van der Waals surface area contributed by atoms with E-state index >= 15 is 0 Å². The molecule has 35 heavy (non-hydrogen) atoms. The summed E-state index contributed by atoms with van der Waals surface area (Å²) in [6.07, 6.45) is 0. The second-order valence-electron chi connectivity index (χ2n) is 7.87. The van der Waals surface area contributed by atoms with Crippen LogP contribution in [0.3, 0.4) is 0 Å². The van der Waals surface area contributed by atoms with E-state index in [-0.39, 0.29) is 11.9 Å². The van der Waals surface area contributed by atoms with Crippen molar-refractivity contribution in [3.8, 4) is 22.9 Å². The Bertz CT molecular complexity index is 1290. The lowest BCUT2D eigenvalue weighted by atomic mass is 10.0. The van der Waals surface area contributed by atoms with Crippen molar-refractivity contribution in [1.82, 2.24) is 14.9 Å². The van der Waals surface area contributed by atoms with Crippen molar-refractivity contribution in [1.29, 1.82) is 0 Å². The molecule has 178 valence electrons. The summed E-state index contributed by atoms with van der Waals surface area (Å²) >= 11 is 1.38. The Hall–Kier alpha value is -3.98. The maximum absolute atomic E-state index is 13.5. The normalized spacial score (nSPS) is 16.6. The van der Waals surface area contributed by atoms with Crippen molar-refractivity contribution in [2.45, 2.75) is 23.4 Å². The molecular formula is C26H25N5O3S. The van der Waals surface area contributed by atoms with Crippen LogP contribution in [0.1, 0.15) is 18.5 Å². The highest BCUT2D eigenvalue weighted by Crippen LogP contribution is 2.39. The van der Waals surface area contributed by atoms with Gasteiger partial charge >= 0.3 is 0 Å². The molecule has 8 nitrogen and oxygen atoms in total. The number of amides is 1. The maximum Gasteiger partial charge on any atom is 0.240 e. The van der Waals surface area contributed by atoms with Gasteiger partial charge in [0.1, 0.15) is 16.7 Å². The van der Waals surface area contributed by atoms with Gasteiger partial charge in [0.2, 0.25) is 11.1 Å². The quantitative estimate of drug-likeness (QED) is 0.389. The Morgan fingerprint density at radius 3 is 2.40 bits per heavy atom. The zero-order valence-corrected chi connectivity index (χ0v) is 20.2. The molecular weight excluding hydrogens is 462 g/mol. The second-order valence-corrected chi connectivity index (χ2v) is 8.98. The van der Waals surface area contributed by atoms with E-state index < -0.39 is 5.25 Å². The number of hydrogen-bond acceptors (Lipinski definition) is 7. The summed E-state index contributed by atoms with van der Waals surface area (Å²) in [6.45, 7) is 2.54. The van der Waals surface area contributed by atoms with Crippen molar-refractivity contribution >= 4 is 23.4 Å². The van der Waals surface area contributed by atoms with Crippen LogP contribution in [0.25, 0.3) is 11.4 Å². The van der Waals surface area contributed by atoms with Crippen molar-refractivity contribution in [2.75, 3.05) is 24.5 Å². The molecule has 1 aliphatic rings. The number of carbonyl (C=O) groups is 1. The third-order valence-electron chi connectivity index (χ3n) is 5.63. The molecule has 0 radical (unpaired) electrons. The summed E-state index contributed by atoms with van der Waals surface area (Å²) in [5.74, 6) is 2.07. The van der Waals surface area contributed by atoms with Crippen molar-refractivity contribution in [2.24, 2.45) is 0 Å². The SMILES string of the molecule is CCOc1ccc([C@@H]2Nn3c(nnc3-c3ccccc3)S[C@H]2C(=O)Nc2ccc(OC)cc2)cc1. The Balaban J connectivity index is 1.47. The van der Waals surface area contributed by atoms with Gasteiger partial charge in [-0.3, -0.25) is 4.79 Å². The van der Waals surface area contributed by atoms with Crippen LogP contribution < -0.4 is 20.2 Å². The predicted molar refractivity (Wildman–Crippen MR) is 136 cm³/mol. The largest absolute Gasteiger partial charge is 0.497 e. The maximum atomic E-state index is 13.5.